The molecule has 120 valence electrons. The quantitative estimate of drug-likeness (QED) is 0.944. The van der Waals surface area contributed by atoms with Crippen LogP contribution in [-0.2, 0) is 0 Å². The van der Waals surface area contributed by atoms with E-state index in [0.717, 1.165) is 32.0 Å². The molecule has 1 aromatic heterocycles. The van der Waals surface area contributed by atoms with Crippen molar-refractivity contribution in [3.8, 4) is 0 Å². The van der Waals surface area contributed by atoms with E-state index in [2.05, 4.69) is 27.1 Å². The molecule has 5 nitrogen and oxygen atoms in total. The molecule has 1 aliphatic heterocycles. The van der Waals surface area contributed by atoms with E-state index >= 15 is 0 Å². The number of nitrogens with one attached hydrogen (secondary N) is 1. The number of hydrogen-bond donors (Lipinski definition) is 1. The topological polar surface area (TPSA) is 48.5 Å². The fourth-order valence-corrected chi connectivity index (χ4v) is 2.49. The van der Waals surface area contributed by atoms with Crippen LogP contribution >= 0.6 is 0 Å². The molecular weight excluding hydrogens is 295 g/mol. The van der Waals surface area contributed by atoms with E-state index in [1.165, 1.54) is 24.3 Å². The summed E-state index contributed by atoms with van der Waals surface area (Å²) in [5.74, 6) is 0.275. The molecule has 0 aliphatic carbocycles. The monoisotopic (exact) mass is 314 g/mol. The number of carbonyl (C=O) groups is 1. The van der Waals surface area contributed by atoms with Crippen LogP contribution in [0.3, 0.4) is 0 Å². The van der Waals surface area contributed by atoms with E-state index in [9.17, 15) is 9.18 Å². The minimum atomic E-state index is -0.361. The smallest absolute Gasteiger partial charge is 0.255 e. The van der Waals surface area contributed by atoms with E-state index in [1.54, 1.807) is 6.20 Å². The molecule has 0 spiro atoms. The Morgan fingerprint density at radius 2 is 1.78 bits per heavy atom. The van der Waals surface area contributed by atoms with Crippen molar-refractivity contribution in [3.05, 3.63) is 54.0 Å². The van der Waals surface area contributed by atoms with Crippen molar-refractivity contribution in [2.45, 2.75) is 0 Å². The Morgan fingerprint density at radius 1 is 1.09 bits per heavy atom. The van der Waals surface area contributed by atoms with Gasteiger partial charge in [-0.25, -0.2) is 9.37 Å². The molecule has 1 aromatic carbocycles. The molecule has 0 bridgehead atoms. The van der Waals surface area contributed by atoms with E-state index in [0.29, 0.717) is 11.3 Å². The second kappa shape index (κ2) is 6.75. The van der Waals surface area contributed by atoms with Gasteiger partial charge in [0.15, 0.2) is 0 Å². The zero-order valence-corrected chi connectivity index (χ0v) is 13.0. The molecule has 0 radical (unpaired) electrons. The lowest BCUT2D eigenvalue weighted by Gasteiger charge is -2.33. The molecule has 2 aromatic rings. The SMILES string of the molecule is CN1CCN(c2ccc(NC(=O)c3ccc(F)cc3)cn2)CC1. The fraction of sp³-hybridized carbons (Fsp3) is 0.294. The predicted molar refractivity (Wildman–Crippen MR) is 88.3 cm³/mol. The van der Waals surface area contributed by atoms with Crippen LogP contribution in [0.25, 0.3) is 0 Å². The van der Waals surface area contributed by atoms with Crippen LogP contribution in [0.4, 0.5) is 15.9 Å². The Labute approximate surface area is 134 Å². The van der Waals surface area contributed by atoms with Crippen LogP contribution in [-0.4, -0.2) is 49.0 Å². The molecule has 0 saturated carbocycles. The fourth-order valence-electron chi connectivity index (χ4n) is 2.49. The number of hydrogen-bond acceptors (Lipinski definition) is 4. The number of piperazine rings is 1. The molecule has 6 heteroatoms. The van der Waals surface area contributed by atoms with Crippen LogP contribution in [0.5, 0.6) is 0 Å². The minimum absolute atomic E-state index is 0.279. The van der Waals surface area contributed by atoms with Gasteiger partial charge in [-0.3, -0.25) is 4.79 Å². The third kappa shape index (κ3) is 3.84. The van der Waals surface area contributed by atoms with Gasteiger partial charge >= 0.3 is 0 Å². The maximum Gasteiger partial charge on any atom is 0.255 e. The van der Waals surface area contributed by atoms with Crippen LogP contribution in [0.2, 0.25) is 0 Å². The molecule has 1 N–H and O–H groups in total. The number of nitrogens with zero attached hydrogens (tertiary/aromatic N) is 3. The van der Waals surface area contributed by atoms with Crippen molar-refractivity contribution in [1.29, 1.82) is 0 Å². The van der Waals surface area contributed by atoms with Gasteiger partial charge in [-0.2, -0.15) is 0 Å². The highest BCUT2D eigenvalue weighted by Gasteiger charge is 2.15. The summed E-state index contributed by atoms with van der Waals surface area (Å²) in [4.78, 5) is 21.0. The maximum atomic E-state index is 12.9. The summed E-state index contributed by atoms with van der Waals surface area (Å²) >= 11 is 0. The van der Waals surface area contributed by atoms with Crippen molar-refractivity contribution in [2.75, 3.05) is 43.4 Å². The predicted octanol–water partition coefficient (Wildman–Crippen LogP) is 2.22. The van der Waals surface area contributed by atoms with Gasteiger partial charge in [0, 0.05) is 31.7 Å². The largest absolute Gasteiger partial charge is 0.354 e. The second-order valence-electron chi connectivity index (χ2n) is 5.66. The van der Waals surface area contributed by atoms with Crippen molar-refractivity contribution < 1.29 is 9.18 Å². The molecule has 0 unspecified atom stereocenters. The summed E-state index contributed by atoms with van der Waals surface area (Å²) < 4.78 is 12.9. The summed E-state index contributed by atoms with van der Waals surface area (Å²) in [5, 5.41) is 2.76. The molecule has 1 amide bonds. The lowest BCUT2D eigenvalue weighted by molar-refractivity contribution is 0.102. The summed E-state index contributed by atoms with van der Waals surface area (Å²) in [6.07, 6.45) is 1.65. The molecule has 1 saturated heterocycles. The number of aromatic nitrogens is 1. The van der Waals surface area contributed by atoms with E-state index < -0.39 is 0 Å². The van der Waals surface area contributed by atoms with Gasteiger partial charge < -0.3 is 15.1 Å². The van der Waals surface area contributed by atoms with E-state index in [1.807, 2.05) is 12.1 Å². The third-order valence-electron chi connectivity index (χ3n) is 3.94. The standard InChI is InChI=1S/C17H19FN4O/c1-21-8-10-22(11-9-21)16-7-6-15(12-19-16)20-17(23)13-2-4-14(18)5-3-13/h2-7,12H,8-11H2,1H3,(H,20,23). The van der Waals surface area contributed by atoms with Gasteiger partial charge in [0.05, 0.1) is 11.9 Å². The first-order valence-electron chi connectivity index (χ1n) is 7.58. The Bertz CT molecular complexity index is 664. The molecule has 2 heterocycles. The van der Waals surface area contributed by atoms with E-state index in [-0.39, 0.29) is 11.7 Å². The Hall–Kier alpha value is -2.47. The summed E-state index contributed by atoms with van der Waals surface area (Å²) in [6, 6.07) is 9.19. The van der Waals surface area contributed by atoms with Crippen molar-refractivity contribution in [2.24, 2.45) is 0 Å². The van der Waals surface area contributed by atoms with Crippen LogP contribution in [0.15, 0.2) is 42.6 Å². The lowest BCUT2D eigenvalue weighted by Crippen LogP contribution is -2.44. The number of carbonyl (C=O) groups excluding carboxylic acids is 1. The Morgan fingerprint density at radius 3 is 2.39 bits per heavy atom. The zero-order valence-electron chi connectivity index (χ0n) is 13.0. The first kappa shape index (κ1) is 15.4. The summed E-state index contributed by atoms with van der Waals surface area (Å²) in [7, 11) is 2.11. The highest BCUT2D eigenvalue weighted by atomic mass is 19.1. The number of likely N-dealkylation sites (N-methyl/N-ethyl adjacent to an activating group) is 1. The van der Waals surface area contributed by atoms with Crippen molar-refractivity contribution in [1.82, 2.24) is 9.88 Å². The minimum Gasteiger partial charge on any atom is -0.354 e. The highest BCUT2D eigenvalue weighted by Crippen LogP contribution is 2.16. The normalized spacial score (nSPS) is 15.5. The van der Waals surface area contributed by atoms with Crippen LogP contribution in [0, 0.1) is 5.82 Å². The molecular formula is C17H19FN4O. The van der Waals surface area contributed by atoms with Gasteiger partial charge in [-0.15, -0.1) is 0 Å². The van der Waals surface area contributed by atoms with Gasteiger partial charge in [0.25, 0.3) is 5.91 Å². The number of rotatable bonds is 3. The zero-order chi connectivity index (χ0) is 16.2. The van der Waals surface area contributed by atoms with Gasteiger partial charge in [-0.1, -0.05) is 0 Å². The Kier molecular flexibility index (Phi) is 4.52. The van der Waals surface area contributed by atoms with E-state index in [4.69, 9.17) is 0 Å². The summed E-state index contributed by atoms with van der Waals surface area (Å²) in [6.45, 7) is 3.94. The first-order valence-corrected chi connectivity index (χ1v) is 7.58. The van der Waals surface area contributed by atoms with Crippen molar-refractivity contribution in [3.63, 3.8) is 0 Å². The number of anilines is 2. The first-order chi connectivity index (χ1) is 11.1. The van der Waals surface area contributed by atoms with Crippen LogP contribution < -0.4 is 10.2 Å². The number of halogens is 1. The van der Waals surface area contributed by atoms with Gasteiger partial charge in [-0.05, 0) is 43.4 Å². The Balaban J connectivity index is 1.63. The number of pyridine rings is 1. The molecule has 0 atom stereocenters. The average Bonchev–Trinajstić information content (AvgIpc) is 2.57. The lowest BCUT2D eigenvalue weighted by atomic mass is 10.2. The molecule has 23 heavy (non-hydrogen) atoms. The van der Waals surface area contributed by atoms with Gasteiger partial charge in [0.2, 0.25) is 0 Å². The van der Waals surface area contributed by atoms with Crippen molar-refractivity contribution >= 4 is 17.4 Å². The second-order valence-corrected chi connectivity index (χ2v) is 5.66. The molecule has 3 rings (SSSR count). The van der Waals surface area contributed by atoms with Crippen LogP contribution in [0.1, 0.15) is 10.4 Å². The average molecular weight is 314 g/mol. The third-order valence-corrected chi connectivity index (χ3v) is 3.94. The highest BCUT2D eigenvalue weighted by molar-refractivity contribution is 6.04. The maximum absolute atomic E-state index is 12.9. The summed E-state index contributed by atoms with van der Waals surface area (Å²) in [5.41, 5.74) is 1.03. The number of amides is 1. The molecule has 1 fully saturated rings. The van der Waals surface area contributed by atoms with Gasteiger partial charge in [0.1, 0.15) is 11.6 Å². The molecule has 1 aliphatic rings. The number of benzene rings is 1.